The zero-order valence-electron chi connectivity index (χ0n) is 12.6. The number of hydrogen-bond donors (Lipinski definition) is 0. The minimum Gasteiger partial charge on any atom is -0.266 e. The number of nitro groups is 1. The minimum absolute atomic E-state index is 0.133. The molecule has 0 radical (unpaired) electrons. The second-order valence-corrected chi connectivity index (χ2v) is 7.63. The van der Waals surface area contributed by atoms with Crippen LogP contribution in [0.25, 0.3) is 0 Å². The number of benzene rings is 2. The van der Waals surface area contributed by atoms with Crippen LogP contribution in [0, 0.1) is 17.0 Å². The molecule has 8 heteroatoms. The van der Waals surface area contributed by atoms with E-state index in [1.807, 2.05) is 0 Å². The van der Waals surface area contributed by atoms with Crippen LogP contribution in [-0.2, 0) is 10.0 Å². The molecule has 0 spiro atoms. The molecule has 2 rings (SSSR count). The molecule has 0 N–H and O–H groups in total. The maximum Gasteiger partial charge on any atom is 0.271 e. The van der Waals surface area contributed by atoms with Crippen molar-refractivity contribution < 1.29 is 13.3 Å². The van der Waals surface area contributed by atoms with Crippen LogP contribution in [0.1, 0.15) is 12.5 Å². The number of nitro benzene ring substituents is 1. The highest BCUT2D eigenvalue weighted by Gasteiger charge is 2.26. The third-order valence-electron chi connectivity index (χ3n) is 3.36. The Labute approximate surface area is 143 Å². The highest BCUT2D eigenvalue weighted by molar-refractivity contribution is 9.10. The zero-order valence-corrected chi connectivity index (χ0v) is 15.0. The Hall–Kier alpha value is -1.93. The van der Waals surface area contributed by atoms with Crippen molar-refractivity contribution >= 4 is 37.3 Å². The van der Waals surface area contributed by atoms with Crippen molar-refractivity contribution in [1.82, 2.24) is 0 Å². The molecule has 0 amide bonds. The maximum atomic E-state index is 12.8. The summed E-state index contributed by atoms with van der Waals surface area (Å²) < 4.78 is 27.6. The number of anilines is 1. The lowest BCUT2D eigenvalue weighted by atomic mass is 10.2. The van der Waals surface area contributed by atoms with E-state index in [0.717, 1.165) is 4.47 Å². The lowest BCUT2D eigenvalue weighted by Crippen LogP contribution is -2.31. The van der Waals surface area contributed by atoms with E-state index in [4.69, 9.17) is 0 Å². The molecule has 6 nitrogen and oxygen atoms in total. The molecule has 2 aromatic rings. The molecule has 0 aliphatic heterocycles. The quantitative estimate of drug-likeness (QED) is 0.565. The molecule has 0 aliphatic carbocycles. The largest absolute Gasteiger partial charge is 0.271 e. The van der Waals surface area contributed by atoms with Gasteiger partial charge >= 0.3 is 0 Å². The van der Waals surface area contributed by atoms with E-state index < -0.39 is 14.9 Å². The summed E-state index contributed by atoms with van der Waals surface area (Å²) in [5.74, 6) is 0. The molecule has 0 bridgehead atoms. The van der Waals surface area contributed by atoms with Gasteiger partial charge in [0.05, 0.1) is 15.5 Å². The SMILES string of the molecule is CCN(c1cc([N+](=O)[O-])ccc1C)S(=O)(=O)c1ccc(Br)cc1. The van der Waals surface area contributed by atoms with Gasteiger partial charge in [-0.15, -0.1) is 0 Å². The summed E-state index contributed by atoms with van der Waals surface area (Å²) in [6.45, 7) is 3.58. The fourth-order valence-corrected chi connectivity index (χ4v) is 3.98. The van der Waals surface area contributed by atoms with Crippen LogP contribution in [0.15, 0.2) is 51.8 Å². The fourth-order valence-electron chi connectivity index (χ4n) is 2.18. The average Bonchev–Trinajstić information content (AvgIpc) is 2.49. The summed E-state index contributed by atoms with van der Waals surface area (Å²) in [6, 6.07) is 10.5. The van der Waals surface area contributed by atoms with Crippen molar-refractivity contribution in [3.63, 3.8) is 0 Å². The third kappa shape index (κ3) is 3.53. The minimum atomic E-state index is -3.80. The van der Waals surface area contributed by atoms with Gasteiger partial charge in [-0.05, 0) is 43.7 Å². The van der Waals surface area contributed by atoms with Gasteiger partial charge < -0.3 is 0 Å². The molecule has 0 atom stereocenters. The van der Waals surface area contributed by atoms with Crippen LogP contribution in [-0.4, -0.2) is 19.9 Å². The fraction of sp³-hybridized carbons (Fsp3) is 0.200. The summed E-state index contributed by atoms with van der Waals surface area (Å²) in [6.07, 6.45) is 0. The molecule has 122 valence electrons. The van der Waals surface area contributed by atoms with Gasteiger partial charge in [0, 0.05) is 23.2 Å². The zero-order chi connectivity index (χ0) is 17.2. The Morgan fingerprint density at radius 1 is 1.17 bits per heavy atom. The van der Waals surface area contributed by atoms with Crippen molar-refractivity contribution in [3.05, 3.63) is 62.6 Å². The second-order valence-electron chi connectivity index (χ2n) is 4.85. The van der Waals surface area contributed by atoms with E-state index in [2.05, 4.69) is 15.9 Å². The maximum absolute atomic E-state index is 12.8. The van der Waals surface area contributed by atoms with Crippen LogP contribution in [0.5, 0.6) is 0 Å². The van der Waals surface area contributed by atoms with Gasteiger partial charge in [0.15, 0.2) is 0 Å². The van der Waals surface area contributed by atoms with Gasteiger partial charge in [0.1, 0.15) is 0 Å². The predicted octanol–water partition coefficient (Wildman–Crippen LogP) is 3.88. The highest BCUT2D eigenvalue weighted by Crippen LogP contribution is 2.30. The molecular weight excluding hydrogens is 384 g/mol. The topological polar surface area (TPSA) is 80.5 Å². The Bertz CT molecular complexity index is 835. The van der Waals surface area contributed by atoms with E-state index in [-0.39, 0.29) is 17.1 Å². The molecule has 23 heavy (non-hydrogen) atoms. The first kappa shape index (κ1) is 17.4. The van der Waals surface area contributed by atoms with Crippen molar-refractivity contribution in [2.45, 2.75) is 18.7 Å². The van der Waals surface area contributed by atoms with Crippen LogP contribution >= 0.6 is 15.9 Å². The van der Waals surface area contributed by atoms with E-state index >= 15 is 0 Å². The van der Waals surface area contributed by atoms with Gasteiger partial charge in [-0.25, -0.2) is 8.42 Å². The van der Waals surface area contributed by atoms with Crippen molar-refractivity contribution in [3.8, 4) is 0 Å². The third-order valence-corrected chi connectivity index (χ3v) is 5.79. The molecule has 0 aliphatic rings. The van der Waals surface area contributed by atoms with Gasteiger partial charge in [-0.3, -0.25) is 14.4 Å². The normalized spacial score (nSPS) is 11.3. The number of halogens is 1. The monoisotopic (exact) mass is 398 g/mol. The van der Waals surface area contributed by atoms with E-state index in [9.17, 15) is 18.5 Å². The molecule has 0 aromatic heterocycles. The van der Waals surface area contributed by atoms with Crippen molar-refractivity contribution in [2.24, 2.45) is 0 Å². The smallest absolute Gasteiger partial charge is 0.266 e. The lowest BCUT2D eigenvalue weighted by Gasteiger charge is -2.24. The first-order valence-corrected chi connectivity index (χ1v) is 9.04. The van der Waals surface area contributed by atoms with Crippen LogP contribution < -0.4 is 4.31 Å². The summed E-state index contributed by atoms with van der Waals surface area (Å²) in [5, 5.41) is 11.0. The molecule has 2 aromatic carbocycles. The molecule has 0 heterocycles. The Morgan fingerprint density at radius 2 is 1.78 bits per heavy atom. The van der Waals surface area contributed by atoms with E-state index in [0.29, 0.717) is 11.3 Å². The first-order chi connectivity index (χ1) is 10.8. The Morgan fingerprint density at radius 3 is 2.30 bits per heavy atom. The Balaban J connectivity index is 2.57. The lowest BCUT2D eigenvalue weighted by molar-refractivity contribution is -0.384. The number of non-ortho nitro benzene ring substituents is 1. The summed E-state index contributed by atoms with van der Waals surface area (Å²) >= 11 is 3.26. The molecule has 0 unspecified atom stereocenters. The standard InChI is InChI=1S/C15H15BrN2O4S/c1-3-17(15-10-13(18(19)20)7-4-11(15)2)23(21,22)14-8-5-12(16)6-9-14/h4-10H,3H2,1-2H3. The number of sulfonamides is 1. The Kier molecular flexibility index (Phi) is 5.06. The van der Waals surface area contributed by atoms with Crippen LogP contribution in [0.3, 0.4) is 0 Å². The van der Waals surface area contributed by atoms with E-state index in [1.165, 1.54) is 28.6 Å². The number of nitrogens with zero attached hydrogens (tertiary/aromatic N) is 2. The average molecular weight is 399 g/mol. The summed E-state index contributed by atoms with van der Waals surface area (Å²) in [7, 11) is -3.80. The highest BCUT2D eigenvalue weighted by atomic mass is 79.9. The molecular formula is C15H15BrN2O4S. The predicted molar refractivity (Wildman–Crippen MR) is 92.2 cm³/mol. The van der Waals surface area contributed by atoms with Gasteiger partial charge in [0.2, 0.25) is 0 Å². The van der Waals surface area contributed by atoms with Crippen LogP contribution in [0.2, 0.25) is 0 Å². The second kappa shape index (κ2) is 6.67. The summed E-state index contributed by atoms with van der Waals surface area (Å²) in [4.78, 5) is 10.6. The van der Waals surface area contributed by atoms with Crippen molar-refractivity contribution in [1.29, 1.82) is 0 Å². The van der Waals surface area contributed by atoms with Gasteiger partial charge in [-0.2, -0.15) is 0 Å². The van der Waals surface area contributed by atoms with Crippen LogP contribution in [0.4, 0.5) is 11.4 Å². The molecule has 0 fully saturated rings. The van der Waals surface area contributed by atoms with Crippen molar-refractivity contribution in [2.75, 3.05) is 10.8 Å². The first-order valence-electron chi connectivity index (χ1n) is 6.80. The number of aryl methyl sites for hydroxylation is 1. The van der Waals surface area contributed by atoms with E-state index in [1.54, 1.807) is 32.0 Å². The van der Waals surface area contributed by atoms with Gasteiger partial charge in [-0.1, -0.05) is 22.0 Å². The van der Waals surface area contributed by atoms with Gasteiger partial charge in [0.25, 0.3) is 15.7 Å². The molecule has 0 saturated heterocycles. The number of rotatable bonds is 5. The number of hydrogen-bond acceptors (Lipinski definition) is 4. The summed E-state index contributed by atoms with van der Waals surface area (Å²) in [5.41, 5.74) is 0.817. The molecule has 0 saturated carbocycles.